The van der Waals surface area contributed by atoms with Gasteiger partial charge in [-0.3, -0.25) is 9.59 Å². The molecule has 2 aliphatic heterocycles. The van der Waals surface area contributed by atoms with Gasteiger partial charge in [0.25, 0.3) is 11.7 Å². The van der Waals surface area contributed by atoms with Crippen molar-refractivity contribution in [1.82, 2.24) is 4.90 Å². The van der Waals surface area contributed by atoms with Crippen molar-refractivity contribution in [2.24, 2.45) is 0 Å². The van der Waals surface area contributed by atoms with Crippen LogP contribution in [0.2, 0.25) is 0 Å². The van der Waals surface area contributed by atoms with Crippen LogP contribution in [0, 0.1) is 0 Å². The van der Waals surface area contributed by atoms with E-state index in [4.69, 9.17) is 9.47 Å². The molecule has 1 amide bonds. The van der Waals surface area contributed by atoms with Gasteiger partial charge in [0.15, 0.2) is 0 Å². The zero-order valence-electron chi connectivity index (χ0n) is 17.5. The van der Waals surface area contributed by atoms with Crippen LogP contribution in [0.15, 0.2) is 60.2 Å². The first-order chi connectivity index (χ1) is 15.1. The lowest BCUT2D eigenvalue weighted by molar-refractivity contribution is -0.907. The Morgan fingerprint density at radius 1 is 1.10 bits per heavy atom. The fourth-order valence-corrected chi connectivity index (χ4v) is 4.19. The molecular formula is C24H27N2O5+. The summed E-state index contributed by atoms with van der Waals surface area (Å²) in [5, 5.41) is 11.1. The third kappa shape index (κ3) is 4.33. The van der Waals surface area contributed by atoms with E-state index in [1.807, 2.05) is 30.3 Å². The number of hydrogen-bond acceptors (Lipinski definition) is 5. The third-order valence-electron chi connectivity index (χ3n) is 5.92. The largest absolute Gasteiger partial charge is 0.507 e. The summed E-state index contributed by atoms with van der Waals surface area (Å²) in [7, 11) is 1.56. The van der Waals surface area contributed by atoms with Gasteiger partial charge in [-0.15, -0.1) is 0 Å². The molecule has 0 unspecified atom stereocenters. The van der Waals surface area contributed by atoms with Gasteiger partial charge in [0.05, 0.1) is 45.0 Å². The molecule has 7 heteroatoms. The molecule has 162 valence electrons. The number of rotatable bonds is 6. The minimum absolute atomic E-state index is 0.123. The Morgan fingerprint density at radius 3 is 2.42 bits per heavy atom. The fourth-order valence-electron chi connectivity index (χ4n) is 4.19. The summed E-state index contributed by atoms with van der Waals surface area (Å²) in [6, 6.07) is 15.6. The molecule has 0 aliphatic carbocycles. The summed E-state index contributed by atoms with van der Waals surface area (Å²) >= 11 is 0. The summed E-state index contributed by atoms with van der Waals surface area (Å²) in [6.45, 7) is 4.32. The van der Waals surface area contributed by atoms with Crippen molar-refractivity contribution in [1.29, 1.82) is 0 Å². The van der Waals surface area contributed by atoms with Crippen molar-refractivity contribution in [3.8, 4) is 5.75 Å². The van der Waals surface area contributed by atoms with Crippen LogP contribution in [0.25, 0.3) is 5.76 Å². The number of Topliss-reactive ketones (excluding diaryl/α,β-unsaturated/α-hetero) is 1. The lowest BCUT2D eigenvalue weighted by Gasteiger charge is -2.29. The molecule has 2 aliphatic rings. The van der Waals surface area contributed by atoms with E-state index in [0.29, 0.717) is 31.1 Å². The maximum atomic E-state index is 13.0. The van der Waals surface area contributed by atoms with Crippen molar-refractivity contribution in [3.05, 3.63) is 71.3 Å². The molecule has 31 heavy (non-hydrogen) atoms. The second-order valence-corrected chi connectivity index (χ2v) is 7.74. The average molecular weight is 423 g/mol. The van der Waals surface area contributed by atoms with Gasteiger partial charge >= 0.3 is 0 Å². The van der Waals surface area contributed by atoms with Crippen LogP contribution in [-0.4, -0.2) is 68.2 Å². The van der Waals surface area contributed by atoms with E-state index in [9.17, 15) is 14.7 Å². The van der Waals surface area contributed by atoms with Crippen LogP contribution in [-0.2, 0) is 14.3 Å². The number of carbonyl (C=O) groups is 2. The number of ketones is 1. The number of benzene rings is 2. The molecule has 2 aromatic carbocycles. The number of methoxy groups -OCH3 is 1. The summed E-state index contributed by atoms with van der Waals surface area (Å²) in [5.41, 5.74) is 1.39. The highest BCUT2D eigenvalue weighted by molar-refractivity contribution is 6.46. The van der Waals surface area contributed by atoms with Gasteiger partial charge in [-0.05, 0) is 29.8 Å². The van der Waals surface area contributed by atoms with Crippen molar-refractivity contribution >= 4 is 17.4 Å². The summed E-state index contributed by atoms with van der Waals surface area (Å²) in [4.78, 5) is 28.9. The maximum Gasteiger partial charge on any atom is 0.295 e. The zero-order valence-corrected chi connectivity index (χ0v) is 17.5. The minimum atomic E-state index is -0.654. The van der Waals surface area contributed by atoms with Crippen LogP contribution < -0.4 is 9.64 Å². The number of nitrogens with zero attached hydrogens (tertiary/aromatic N) is 1. The molecule has 0 spiro atoms. The molecular weight excluding hydrogens is 396 g/mol. The van der Waals surface area contributed by atoms with Gasteiger partial charge in [-0.25, -0.2) is 0 Å². The van der Waals surface area contributed by atoms with Crippen LogP contribution in [0.5, 0.6) is 5.75 Å². The Bertz CT molecular complexity index is 965. The molecule has 2 aromatic rings. The number of carbonyl (C=O) groups excluding carboxylic acids is 2. The molecule has 0 radical (unpaired) electrons. The van der Waals surface area contributed by atoms with Crippen LogP contribution in [0.4, 0.5) is 0 Å². The number of aliphatic hydroxyl groups excluding tert-OH is 1. The highest BCUT2D eigenvalue weighted by atomic mass is 16.5. The predicted octanol–water partition coefficient (Wildman–Crippen LogP) is 1.03. The lowest BCUT2D eigenvalue weighted by Crippen LogP contribution is -3.14. The van der Waals surface area contributed by atoms with E-state index >= 15 is 0 Å². The Kier molecular flexibility index (Phi) is 6.34. The van der Waals surface area contributed by atoms with E-state index in [1.54, 1.807) is 36.3 Å². The molecule has 4 rings (SSSR count). The number of amides is 1. The molecule has 7 nitrogen and oxygen atoms in total. The predicted molar refractivity (Wildman–Crippen MR) is 115 cm³/mol. The molecule has 2 N–H and O–H groups in total. The number of hydrogen-bond donors (Lipinski definition) is 2. The van der Waals surface area contributed by atoms with Gasteiger partial charge in [0.2, 0.25) is 0 Å². The maximum absolute atomic E-state index is 13.0. The number of likely N-dealkylation sites (tertiary alicyclic amines) is 1. The topological polar surface area (TPSA) is 80.5 Å². The lowest BCUT2D eigenvalue weighted by atomic mass is 9.95. The summed E-state index contributed by atoms with van der Waals surface area (Å²) in [6.07, 6.45) is 0. The third-order valence-corrected chi connectivity index (χ3v) is 5.92. The Labute approximate surface area is 181 Å². The van der Waals surface area contributed by atoms with E-state index in [-0.39, 0.29) is 11.3 Å². The van der Waals surface area contributed by atoms with Crippen LogP contribution >= 0.6 is 0 Å². The minimum Gasteiger partial charge on any atom is -0.507 e. The first-order valence-corrected chi connectivity index (χ1v) is 10.5. The molecule has 2 heterocycles. The van der Waals surface area contributed by atoms with Crippen LogP contribution in [0.1, 0.15) is 17.2 Å². The van der Waals surface area contributed by atoms with Crippen molar-refractivity contribution in [2.45, 2.75) is 6.04 Å². The number of ether oxygens (including phenoxy) is 2. The number of morpholine rings is 1. The standard InChI is InChI=1S/C24H26N2O5/c1-30-19-9-7-18(8-10-19)22(27)20-21(17-5-3-2-4-6-17)26(24(29)23(20)28)12-11-25-13-15-31-16-14-25/h2-10,21,27H,11-16H2,1H3/p+1/t21-/m1/s1. The van der Waals surface area contributed by atoms with Gasteiger partial charge in [0.1, 0.15) is 24.6 Å². The first-order valence-electron chi connectivity index (χ1n) is 10.5. The van der Waals surface area contributed by atoms with Gasteiger partial charge in [-0.1, -0.05) is 30.3 Å². The summed E-state index contributed by atoms with van der Waals surface area (Å²) < 4.78 is 10.6. The Morgan fingerprint density at radius 2 is 1.77 bits per heavy atom. The molecule has 0 saturated carbocycles. The normalized spacial score (nSPS) is 21.5. The summed E-state index contributed by atoms with van der Waals surface area (Å²) in [5.74, 6) is -0.753. The van der Waals surface area contributed by atoms with Gasteiger partial charge < -0.3 is 24.4 Å². The Hall–Kier alpha value is -3.16. The monoisotopic (exact) mass is 423 g/mol. The molecule has 2 fully saturated rings. The van der Waals surface area contributed by atoms with E-state index in [1.165, 1.54) is 4.90 Å². The Balaban J connectivity index is 1.70. The van der Waals surface area contributed by atoms with Crippen molar-refractivity contribution in [2.75, 3.05) is 46.5 Å². The highest BCUT2D eigenvalue weighted by Gasteiger charge is 2.46. The quantitative estimate of drug-likeness (QED) is 0.412. The van der Waals surface area contributed by atoms with Crippen molar-refractivity contribution < 1.29 is 29.1 Å². The molecule has 0 aromatic heterocycles. The molecule has 2 saturated heterocycles. The van der Waals surface area contributed by atoms with Crippen molar-refractivity contribution in [3.63, 3.8) is 0 Å². The number of nitrogens with one attached hydrogen (secondary N) is 1. The molecule has 1 atom stereocenters. The fraction of sp³-hybridized carbons (Fsp3) is 0.333. The average Bonchev–Trinajstić information content (AvgIpc) is 3.08. The second-order valence-electron chi connectivity index (χ2n) is 7.74. The zero-order chi connectivity index (χ0) is 21.8. The number of quaternary nitrogens is 1. The van der Waals surface area contributed by atoms with E-state index < -0.39 is 17.7 Å². The highest BCUT2D eigenvalue weighted by Crippen LogP contribution is 2.39. The van der Waals surface area contributed by atoms with Crippen LogP contribution in [0.3, 0.4) is 0 Å². The number of aliphatic hydroxyl groups is 1. The second kappa shape index (κ2) is 9.32. The van der Waals surface area contributed by atoms with Gasteiger partial charge in [0, 0.05) is 5.56 Å². The SMILES string of the molecule is COc1ccc(C(O)=C2C(=O)C(=O)N(CC[NH+]3CCOCC3)[C@@H]2c2ccccc2)cc1. The molecule has 0 bridgehead atoms. The van der Waals surface area contributed by atoms with Gasteiger partial charge in [-0.2, -0.15) is 0 Å². The first kappa shape index (κ1) is 21.1. The van der Waals surface area contributed by atoms with E-state index in [0.717, 1.165) is 25.2 Å². The smallest absolute Gasteiger partial charge is 0.295 e. The van der Waals surface area contributed by atoms with E-state index in [2.05, 4.69) is 0 Å².